The molecular formula is C18H20FN3O3. The van der Waals surface area contributed by atoms with E-state index in [2.05, 4.69) is 5.10 Å². The molecule has 1 amide bonds. The number of hydrogen-bond acceptors (Lipinski definition) is 3. The van der Waals surface area contributed by atoms with Crippen molar-refractivity contribution in [2.24, 2.45) is 0 Å². The maximum Gasteiger partial charge on any atom is 0.338 e. The lowest BCUT2D eigenvalue weighted by Gasteiger charge is -2.33. The second-order valence-corrected chi connectivity index (χ2v) is 6.35. The van der Waals surface area contributed by atoms with Crippen molar-refractivity contribution >= 4 is 11.9 Å². The smallest absolute Gasteiger partial charge is 0.338 e. The number of amides is 1. The molecule has 25 heavy (non-hydrogen) atoms. The Morgan fingerprint density at radius 2 is 2.04 bits per heavy atom. The van der Waals surface area contributed by atoms with Crippen LogP contribution in [-0.2, 0) is 4.79 Å². The number of piperidine rings is 1. The van der Waals surface area contributed by atoms with Gasteiger partial charge in [0.2, 0.25) is 5.91 Å². The molecule has 1 aliphatic rings. The molecule has 1 unspecified atom stereocenters. The van der Waals surface area contributed by atoms with E-state index < -0.39 is 11.9 Å². The Balaban J connectivity index is 1.61. The van der Waals surface area contributed by atoms with Gasteiger partial charge in [0.25, 0.3) is 0 Å². The average molecular weight is 345 g/mol. The van der Waals surface area contributed by atoms with Crippen LogP contribution in [0.3, 0.4) is 0 Å². The highest BCUT2D eigenvalue weighted by Crippen LogP contribution is 2.26. The van der Waals surface area contributed by atoms with Crippen LogP contribution in [0.2, 0.25) is 0 Å². The molecule has 2 aromatic rings. The highest BCUT2D eigenvalue weighted by molar-refractivity contribution is 5.86. The van der Waals surface area contributed by atoms with Crippen LogP contribution in [-0.4, -0.2) is 44.8 Å². The number of carbonyl (C=O) groups excluding carboxylic acids is 1. The molecule has 2 heterocycles. The molecule has 1 fully saturated rings. The van der Waals surface area contributed by atoms with Crippen molar-refractivity contribution in [1.29, 1.82) is 0 Å². The standard InChI is InChI=1S/C18H20FN3O3/c1-12(13-3-2-4-15(19)9-13)17(23)21-7-5-16(6-8-21)22-11-14(10-20-22)18(24)25/h2-4,9-12,16H,5-8H2,1H3,(H,24,25). The minimum absolute atomic E-state index is 0.0178. The van der Waals surface area contributed by atoms with Gasteiger partial charge in [-0.3, -0.25) is 9.48 Å². The molecule has 1 atom stereocenters. The maximum absolute atomic E-state index is 13.4. The third-order valence-corrected chi connectivity index (χ3v) is 4.72. The number of benzene rings is 1. The first-order valence-electron chi connectivity index (χ1n) is 8.27. The Kier molecular flexibility index (Phi) is 4.83. The zero-order chi connectivity index (χ0) is 18.0. The van der Waals surface area contributed by atoms with Gasteiger partial charge in [-0.1, -0.05) is 12.1 Å². The highest BCUT2D eigenvalue weighted by Gasteiger charge is 2.28. The number of aromatic carboxylic acids is 1. The van der Waals surface area contributed by atoms with Gasteiger partial charge in [-0.15, -0.1) is 0 Å². The monoisotopic (exact) mass is 345 g/mol. The second kappa shape index (κ2) is 7.04. The van der Waals surface area contributed by atoms with Crippen molar-refractivity contribution in [1.82, 2.24) is 14.7 Å². The van der Waals surface area contributed by atoms with E-state index in [0.717, 1.165) is 0 Å². The molecule has 1 aromatic heterocycles. The average Bonchev–Trinajstić information content (AvgIpc) is 3.11. The summed E-state index contributed by atoms with van der Waals surface area (Å²) in [7, 11) is 0. The van der Waals surface area contributed by atoms with E-state index in [1.165, 1.54) is 24.5 Å². The lowest BCUT2D eigenvalue weighted by Crippen LogP contribution is -2.41. The molecule has 0 radical (unpaired) electrons. The number of rotatable bonds is 4. The molecule has 132 valence electrons. The van der Waals surface area contributed by atoms with Crippen molar-refractivity contribution in [3.05, 3.63) is 53.6 Å². The predicted octanol–water partition coefficient (Wildman–Crippen LogP) is 2.69. The Morgan fingerprint density at radius 3 is 2.64 bits per heavy atom. The summed E-state index contributed by atoms with van der Waals surface area (Å²) in [5.74, 6) is -1.75. The number of aromatic nitrogens is 2. The van der Waals surface area contributed by atoms with Gasteiger partial charge in [-0.05, 0) is 37.5 Å². The minimum Gasteiger partial charge on any atom is -0.478 e. The fourth-order valence-corrected chi connectivity index (χ4v) is 3.19. The largest absolute Gasteiger partial charge is 0.478 e. The topological polar surface area (TPSA) is 75.4 Å². The summed E-state index contributed by atoms with van der Waals surface area (Å²) in [6, 6.07) is 6.21. The first-order chi connectivity index (χ1) is 12.0. The van der Waals surface area contributed by atoms with E-state index in [1.54, 1.807) is 28.6 Å². The number of nitrogens with zero attached hydrogens (tertiary/aromatic N) is 3. The second-order valence-electron chi connectivity index (χ2n) is 6.35. The van der Waals surface area contributed by atoms with Crippen molar-refractivity contribution in [3.63, 3.8) is 0 Å². The predicted molar refractivity (Wildman–Crippen MR) is 88.9 cm³/mol. The Hall–Kier alpha value is -2.70. The van der Waals surface area contributed by atoms with E-state index in [0.29, 0.717) is 31.5 Å². The van der Waals surface area contributed by atoms with Crippen molar-refractivity contribution < 1.29 is 19.1 Å². The molecule has 0 bridgehead atoms. The lowest BCUT2D eigenvalue weighted by atomic mass is 9.97. The van der Waals surface area contributed by atoms with Gasteiger partial charge < -0.3 is 10.0 Å². The molecular weight excluding hydrogens is 325 g/mol. The van der Waals surface area contributed by atoms with E-state index in [4.69, 9.17) is 5.11 Å². The third kappa shape index (κ3) is 3.70. The first kappa shape index (κ1) is 17.1. The van der Waals surface area contributed by atoms with Crippen molar-refractivity contribution in [2.45, 2.75) is 31.7 Å². The summed E-state index contributed by atoms with van der Waals surface area (Å²) >= 11 is 0. The number of halogens is 1. The first-order valence-corrected chi connectivity index (χ1v) is 8.27. The van der Waals surface area contributed by atoms with Crippen LogP contribution in [0.5, 0.6) is 0 Å². The molecule has 3 rings (SSSR count). The van der Waals surface area contributed by atoms with Crippen LogP contribution >= 0.6 is 0 Å². The van der Waals surface area contributed by atoms with Crippen LogP contribution in [0.15, 0.2) is 36.7 Å². The summed E-state index contributed by atoms with van der Waals surface area (Å²) in [6.45, 7) is 2.94. The molecule has 6 nitrogen and oxygen atoms in total. The van der Waals surface area contributed by atoms with Crippen molar-refractivity contribution in [2.75, 3.05) is 13.1 Å². The summed E-state index contributed by atoms with van der Waals surface area (Å²) in [6.07, 6.45) is 4.29. The zero-order valence-corrected chi connectivity index (χ0v) is 13.9. The van der Waals surface area contributed by atoms with Crippen LogP contribution in [0.25, 0.3) is 0 Å². The summed E-state index contributed by atoms with van der Waals surface area (Å²) < 4.78 is 15.0. The summed E-state index contributed by atoms with van der Waals surface area (Å²) in [4.78, 5) is 25.4. The molecule has 7 heteroatoms. The van der Waals surface area contributed by atoms with Crippen LogP contribution in [0.4, 0.5) is 4.39 Å². The van der Waals surface area contributed by atoms with Gasteiger partial charge in [-0.25, -0.2) is 9.18 Å². The molecule has 1 saturated heterocycles. The quantitative estimate of drug-likeness (QED) is 0.924. The van der Waals surface area contributed by atoms with Crippen LogP contribution in [0.1, 0.15) is 47.6 Å². The molecule has 1 aromatic carbocycles. The van der Waals surface area contributed by atoms with Gasteiger partial charge in [0.1, 0.15) is 5.82 Å². The molecule has 0 saturated carbocycles. The van der Waals surface area contributed by atoms with Gasteiger partial charge in [0, 0.05) is 19.3 Å². The van der Waals surface area contributed by atoms with Gasteiger partial charge in [-0.2, -0.15) is 5.10 Å². The number of hydrogen-bond donors (Lipinski definition) is 1. The van der Waals surface area contributed by atoms with Crippen molar-refractivity contribution in [3.8, 4) is 0 Å². The third-order valence-electron chi connectivity index (χ3n) is 4.72. The maximum atomic E-state index is 13.4. The molecule has 1 N–H and O–H groups in total. The Labute approximate surface area is 144 Å². The van der Waals surface area contributed by atoms with E-state index in [1.807, 2.05) is 0 Å². The minimum atomic E-state index is -0.997. The van der Waals surface area contributed by atoms with Gasteiger partial charge in [0.15, 0.2) is 0 Å². The molecule has 1 aliphatic heterocycles. The Morgan fingerprint density at radius 1 is 1.32 bits per heavy atom. The van der Waals surface area contributed by atoms with Crippen LogP contribution < -0.4 is 0 Å². The van der Waals surface area contributed by atoms with Gasteiger partial charge in [0.05, 0.1) is 23.7 Å². The SMILES string of the molecule is CC(C(=O)N1CCC(n2cc(C(=O)O)cn2)CC1)c1cccc(F)c1. The number of carboxylic acids is 1. The zero-order valence-electron chi connectivity index (χ0n) is 13.9. The fraction of sp³-hybridized carbons (Fsp3) is 0.389. The van der Waals surface area contributed by atoms with E-state index in [-0.39, 0.29) is 23.3 Å². The number of likely N-dealkylation sites (tertiary alicyclic amines) is 1. The van der Waals surface area contributed by atoms with E-state index >= 15 is 0 Å². The molecule has 0 aliphatic carbocycles. The lowest BCUT2D eigenvalue weighted by molar-refractivity contribution is -0.133. The fourth-order valence-electron chi connectivity index (χ4n) is 3.19. The normalized spacial score (nSPS) is 16.6. The van der Waals surface area contributed by atoms with E-state index in [9.17, 15) is 14.0 Å². The number of carboxylic acid groups (broad SMARTS) is 1. The Bertz CT molecular complexity index is 781. The molecule has 0 spiro atoms. The highest BCUT2D eigenvalue weighted by atomic mass is 19.1. The van der Waals surface area contributed by atoms with Crippen LogP contribution in [0, 0.1) is 5.82 Å². The summed E-state index contributed by atoms with van der Waals surface area (Å²) in [5.41, 5.74) is 0.837. The number of carbonyl (C=O) groups is 2. The van der Waals surface area contributed by atoms with Gasteiger partial charge >= 0.3 is 5.97 Å². The summed E-state index contributed by atoms with van der Waals surface area (Å²) in [5, 5.41) is 13.1.